The Labute approximate surface area is 142 Å². The molecule has 0 amide bonds. The zero-order valence-electron chi connectivity index (χ0n) is 13.6. The molecule has 3 rings (SSSR count). The van der Waals surface area contributed by atoms with Gasteiger partial charge in [-0.15, -0.1) is 0 Å². The molecule has 0 unspecified atom stereocenters. The van der Waals surface area contributed by atoms with Gasteiger partial charge in [0.05, 0.1) is 12.1 Å². The standard InChI is InChI=1S/C19H22ClNO2/c1-13-3-5-14(6-4-13)12-23-19-17(20)9-15(10-18(19)22-2)11-21-16-7-8-16/h3-6,9-10,16,21H,7-8,11-12H2,1-2H3. The minimum atomic E-state index is 0.468. The Morgan fingerprint density at radius 2 is 1.87 bits per heavy atom. The first kappa shape index (κ1) is 16.2. The summed E-state index contributed by atoms with van der Waals surface area (Å²) < 4.78 is 11.4. The fraction of sp³-hybridized carbons (Fsp3) is 0.368. The van der Waals surface area contributed by atoms with Crippen LogP contribution in [0.1, 0.15) is 29.5 Å². The summed E-state index contributed by atoms with van der Waals surface area (Å²) in [5.41, 5.74) is 3.45. The Bertz CT molecular complexity index is 666. The van der Waals surface area contributed by atoms with Crippen LogP contribution in [0.2, 0.25) is 5.02 Å². The molecule has 1 saturated carbocycles. The smallest absolute Gasteiger partial charge is 0.180 e. The number of benzene rings is 2. The minimum absolute atomic E-state index is 0.468. The van der Waals surface area contributed by atoms with Gasteiger partial charge in [0.2, 0.25) is 0 Å². The molecule has 0 radical (unpaired) electrons. The molecule has 4 heteroatoms. The van der Waals surface area contributed by atoms with Crippen molar-refractivity contribution >= 4 is 11.6 Å². The van der Waals surface area contributed by atoms with Gasteiger partial charge in [0.1, 0.15) is 6.61 Å². The molecule has 1 aliphatic rings. The molecule has 0 aliphatic heterocycles. The molecule has 0 aromatic heterocycles. The van der Waals surface area contributed by atoms with Gasteiger partial charge in [-0.1, -0.05) is 41.4 Å². The molecule has 2 aromatic rings. The van der Waals surface area contributed by atoms with Gasteiger partial charge >= 0.3 is 0 Å². The predicted octanol–water partition coefficient (Wildman–Crippen LogP) is 4.49. The summed E-state index contributed by atoms with van der Waals surface area (Å²) in [6.07, 6.45) is 2.53. The highest BCUT2D eigenvalue weighted by Crippen LogP contribution is 2.37. The Balaban J connectivity index is 1.70. The van der Waals surface area contributed by atoms with Crippen molar-refractivity contribution in [1.29, 1.82) is 0 Å². The molecule has 0 spiro atoms. The van der Waals surface area contributed by atoms with E-state index in [1.54, 1.807) is 7.11 Å². The third-order valence-corrected chi connectivity index (χ3v) is 4.25. The number of aryl methyl sites for hydroxylation is 1. The summed E-state index contributed by atoms with van der Waals surface area (Å²) in [7, 11) is 1.64. The molecule has 0 saturated heterocycles. The molecule has 1 N–H and O–H groups in total. The van der Waals surface area contributed by atoms with Gasteiger partial charge in [-0.3, -0.25) is 0 Å². The van der Waals surface area contributed by atoms with Crippen LogP contribution in [0.15, 0.2) is 36.4 Å². The molecule has 0 bridgehead atoms. The van der Waals surface area contributed by atoms with Crippen LogP contribution in [0.3, 0.4) is 0 Å². The number of nitrogens with one attached hydrogen (secondary N) is 1. The number of halogens is 1. The summed E-state index contributed by atoms with van der Waals surface area (Å²) in [5, 5.41) is 4.07. The maximum absolute atomic E-state index is 6.40. The zero-order chi connectivity index (χ0) is 16.2. The van der Waals surface area contributed by atoms with Crippen molar-refractivity contribution in [1.82, 2.24) is 5.32 Å². The van der Waals surface area contributed by atoms with Gasteiger partial charge in [0.25, 0.3) is 0 Å². The van der Waals surface area contributed by atoms with Gasteiger partial charge in [0.15, 0.2) is 11.5 Å². The van der Waals surface area contributed by atoms with Gasteiger partial charge in [-0.05, 0) is 43.0 Å². The second kappa shape index (κ2) is 7.24. The van der Waals surface area contributed by atoms with E-state index in [9.17, 15) is 0 Å². The predicted molar refractivity (Wildman–Crippen MR) is 93.4 cm³/mol. The molecule has 0 heterocycles. The van der Waals surface area contributed by atoms with Crippen LogP contribution < -0.4 is 14.8 Å². The molecule has 3 nitrogen and oxygen atoms in total. The van der Waals surface area contributed by atoms with Gasteiger partial charge in [0, 0.05) is 12.6 Å². The minimum Gasteiger partial charge on any atom is -0.493 e. The van der Waals surface area contributed by atoms with Crippen LogP contribution >= 0.6 is 11.6 Å². The monoisotopic (exact) mass is 331 g/mol. The SMILES string of the molecule is COc1cc(CNC2CC2)cc(Cl)c1OCc1ccc(C)cc1. The molecule has 23 heavy (non-hydrogen) atoms. The summed E-state index contributed by atoms with van der Waals surface area (Å²) >= 11 is 6.40. The normalized spacial score (nSPS) is 13.9. The van der Waals surface area contributed by atoms with Crippen LogP contribution in [0.4, 0.5) is 0 Å². The average molecular weight is 332 g/mol. The van der Waals surface area contributed by atoms with E-state index in [4.69, 9.17) is 21.1 Å². The van der Waals surface area contributed by atoms with Crippen LogP contribution in [0, 0.1) is 6.92 Å². The molecule has 0 atom stereocenters. The Morgan fingerprint density at radius 1 is 1.13 bits per heavy atom. The highest BCUT2D eigenvalue weighted by molar-refractivity contribution is 6.32. The number of rotatable bonds is 7. The summed E-state index contributed by atoms with van der Waals surface area (Å²) in [4.78, 5) is 0. The number of ether oxygens (including phenoxy) is 2. The fourth-order valence-corrected chi connectivity index (χ4v) is 2.69. The van der Waals surface area contributed by atoms with Crippen molar-refractivity contribution in [2.24, 2.45) is 0 Å². The second-order valence-corrected chi connectivity index (χ2v) is 6.45. The number of hydrogen-bond donors (Lipinski definition) is 1. The van der Waals surface area contributed by atoms with E-state index < -0.39 is 0 Å². The van der Waals surface area contributed by atoms with Crippen molar-refractivity contribution in [3.8, 4) is 11.5 Å². The Morgan fingerprint density at radius 3 is 2.52 bits per heavy atom. The largest absolute Gasteiger partial charge is 0.493 e. The lowest BCUT2D eigenvalue weighted by Gasteiger charge is -2.14. The molecule has 122 valence electrons. The van der Waals surface area contributed by atoms with E-state index in [2.05, 4.69) is 36.5 Å². The highest BCUT2D eigenvalue weighted by atomic mass is 35.5. The van der Waals surface area contributed by atoms with Gasteiger partial charge < -0.3 is 14.8 Å². The molecule has 1 fully saturated rings. The van der Waals surface area contributed by atoms with E-state index in [0.29, 0.717) is 29.2 Å². The molecule has 1 aliphatic carbocycles. The van der Waals surface area contributed by atoms with Crippen LogP contribution in [0.25, 0.3) is 0 Å². The van der Waals surface area contributed by atoms with E-state index in [1.165, 1.54) is 18.4 Å². The lowest BCUT2D eigenvalue weighted by atomic mass is 10.1. The van der Waals surface area contributed by atoms with Crippen molar-refractivity contribution in [3.05, 3.63) is 58.1 Å². The molecular weight excluding hydrogens is 310 g/mol. The zero-order valence-corrected chi connectivity index (χ0v) is 14.3. The fourth-order valence-electron chi connectivity index (χ4n) is 2.40. The van der Waals surface area contributed by atoms with E-state index in [-0.39, 0.29) is 0 Å². The Kier molecular flexibility index (Phi) is 5.09. The third kappa shape index (κ3) is 4.40. The third-order valence-electron chi connectivity index (χ3n) is 3.97. The maximum Gasteiger partial charge on any atom is 0.180 e. The maximum atomic E-state index is 6.40. The highest BCUT2D eigenvalue weighted by Gasteiger charge is 2.20. The van der Waals surface area contributed by atoms with Gasteiger partial charge in [-0.25, -0.2) is 0 Å². The summed E-state index contributed by atoms with van der Waals surface area (Å²) in [6.45, 7) is 3.34. The van der Waals surface area contributed by atoms with Crippen molar-refractivity contribution in [2.75, 3.05) is 7.11 Å². The summed E-state index contributed by atoms with van der Waals surface area (Å²) in [5.74, 6) is 1.28. The van der Waals surface area contributed by atoms with Crippen LogP contribution in [0.5, 0.6) is 11.5 Å². The van der Waals surface area contributed by atoms with Crippen LogP contribution in [-0.2, 0) is 13.2 Å². The van der Waals surface area contributed by atoms with Crippen molar-refractivity contribution in [3.63, 3.8) is 0 Å². The Hall–Kier alpha value is -1.71. The lowest BCUT2D eigenvalue weighted by Crippen LogP contribution is -2.15. The first-order chi connectivity index (χ1) is 11.2. The number of methoxy groups -OCH3 is 1. The summed E-state index contributed by atoms with van der Waals surface area (Å²) in [6, 6.07) is 12.9. The second-order valence-electron chi connectivity index (χ2n) is 6.04. The van der Waals surface area contributed by atoms with Crippen molar-refractivity contribution in [2.45, 2.75) is 39.0 Å². The average Bonchev–Trinajstić information content (AvgIpc) is 3.37. The lowest BCUT2D eigenvalue weighted by molar-refractivity contribution is 0.284. The topological polar surface area (TPSA) is 30.5 Å². The first-order valence-corrected chi connectivity index (χ1v) is 8.31. The molecular formula is C19H22ClNO2. The van der Waals surface area contributed by atoms with E-state index in [0.717, 1.165) is 17.7 Å². The quantitative estimate of drug-likeness (QED) is 0.811. The van der Waals surface area contributed by atoms with Gasteiger partial charge in [-0.2, -0.15) is 0 Å². The first-order valence-electron chi connectivity index (χ1n) is 7.94. The van der Waals surface area contributed by atoms with E-state index >= 15 is 0 Å². The molecule has 2 aromatic carbocycles. The van der Waals surface area contributed by atoms with Crippen molar-refractivity contribution < 1.29 is 9.47 Å². The van der Waals surface area contributed by atoms with Crippen LogP contribution in [-0.4, -0.2) is 13.2 Å². The van der Waals surface area contributed by atoms with E-state index in [1.807, 2.05) is 12.1 Å². The number of hydrogen-bond acceptors (Lipinski definition) is 3.